The molecule has 0 fully saturated rings. The Hall–Kier alpha value is -0.810. The quantitative estimate of drug-likeness (QED) is 0.586. The fourth-order valence-corrected chi connectivity index (χ4v) is 0.840. The lowest BCUT2D eigenvalue weighted by atomic mass is 9.95. The highest BCUT2D eigenvalue weighted by atomic mass is 19.2. The van der Waals surface area contributed by atoms with Gasteiger partial charge in [0.05, 0.1) is 0 Å². The zero-order valence-corrected chi connectivity index (χ0v) is 6.18. The van der Waals surface area contributed by atoms with Gasteiger partial charge in [0.25, 0.3) is 11.7 Å². The summed E-state index contributed by atoms with van der Waals surface area (Å²) in [7, 11) is 0. The number of alkyl halides is 2. The predicted molar refractivity (Wildman–Crippen MR) is 35.1 cm³/mol. The van der Waals surface area contributed by atoms with Gasteiger partial charge in [-0.05, 0) is 19.1 Å². The van der Waals surface area contributed by atoms with E-state index in [9.17, 15) is 13.2 Å². The molecule has 12 heavy (non-hydrogen) atoms. The molecule has 0 bridgehead atoms. The van der Waals surface area contributed by atoms with Crippen LogP contribution in [0.25, 0.3) is 0 Å². The molecule has 0 aromatic carbocycles. The Kier molecular flexibility index (Phi) is 1.81. The van der Waals surface area contributed by atoms with Crippen molar-refractivity contribution in [2.45, 2.75) is 18.6 Å². The van der Waals surface area contributed by atoms with Crippen LogP contribution in [0.2, 0.25) is 0 Å². The van der Waals surface area contributed by atoms with Crippen LogP contribution in [0, 0.1) is 0 Å². The molecule has 0 heterocycles. The molecule has 2 atom stereocenters. The molecule has 0 aliphatic heterocycles. The zero-order chi connectivity index (χ0) is 9.57. The van der Waals surface area contributed by atoms with E-state index in [0.717, 1.165) is 6.92 Å². The van der Waals surface area contributed by atoms with E-state index in [-0.39, 0.29) is 6.08 Å². The van der Waals surface area contributed by atoms with Crippen LogP contribution < -0.4 is 0 Å². The van der Waals surface area contributed by atoms with Crippen molar-refractivity contribution in [1.29, 1.82) is 0 Å². The normalized spacial score (nSPS) is 42.2. The summed E-state index contributed by atoms with van der Waals surface area (Å²) in [6, 6.07) is 0. The highest BCUT2D eigenvalue weighted by molar-refractivity contribution is 5.33. The number of allylic oxidation sites excluding steroid dienone is 2. The molecule has 5 heteroatoms. The van der Waals surface area contributed by atoms with Crippen LogP contribution in [-0.4, -0.2) is 21.9 Å². The average molecular weight is 180 g/mol. The molecule has 2 unspecified atom stereocenters. The maximum absolute atomic E-state index is 12.9. The second-order valence-electron chi connectivity index (χ2n) is 2.60. The van der Waals surface area contributed by atoms with Gasteiger partial charge in [-0.2, -0.15) is 0 Å². The summed E-state index contributed by atoms with van der Waals surface area (Å²) in [5.74, 6) is -8.35. The summed E-state index contributed by atoms with van der Waals surface area (Å²) < 4.78 is 38.1. The molecular weight excluding hydrogens is 173 g/mol. The monoisotopic (exact) mass is 180 g/mol. The molecule has 0 aromatic heterocycles. The van der Waals surface area contributed by atoms with E-state index in [1.165, 1.54) is 0 Å². The average Bonchev–Trinajstić information content (AvgIpc) is 1.96. The third-order valence-electron chi connectivity index (χ3n) is 1.77. The molecule has 0 saturated carbocycles. The van der Waals surface area contributed by atoms with Crippen molar-refractivity contribution >= 4 is 0 Å². The van der Waals surface area contributed by atoms with Crippen LogP contribution >= 0.6 is 0 Å². The maximum atomic E-state index is 12.9. The smallest absolute Gasteiger partial charge is 0.295 e. The first-order chi connectivity index (χ1) is 5.29. The Labute approximate surface area is 66.6 Å². The van der Waals surface area contributed by atoms with Crippen LogP contribution in [0.15, 0.2) is 23.6 Å². The molecule has 0 spiro atoms. The molecule has 0 aromatic rings. The summed E-state index contributed by atoms with van der Waals surface area (Å²) in [6.45, 7) is 0.851. The standard InChI is InChI=1S/C7H7F3O2/c1-4-5(8)2-3-6(9,11)7(4,10)12/h2-3,11-12H,1H3. The van der Waals surface area contributed by atoms with Gasteiger partial charge in [-0.15, -0.1) is 0 Å². The molecule has 0 saturated heterocycles. The van der Waals surface area contributed by atoms with Crippen LogP contribution in [0.3, 0.4) is 0 Å². The molecule has 1 aliphatic carbocycles. The van der Waals surface area contributed by atoms with Gasteiger partial charge in [0.1, 0.15) is 5.83 Å². The number of rotatable bonds is 0. The fourth-order valence-electron chi connectivity index (χ4n) is 0.840. The van der Waals surface area contributed by atoms with Gasteiger partial charge in [-0.25, -0.2) is 13.2 Å². The Morgan fingerprint density at radius 2 is 1.83 bits per heavy atom. The highest BCUT2D eigenvalue weighted by Crippen LogP contribution is 2.39. The lowest BCUT2D eigenvalue weighted by Crippen LogP contribution is -2.48. The van der Waals surface area contributed by atoms with Gasteiger partial charge in [-0.1, -0.05) is 0 Å². The van der Waals surface area contributed by atoms with E-state index in [1.807, 2.05) is 0 Å². The zero-order valence-electron chi connectivity index (χ0n) is 6.18. The predicted octanol–water partition coefficient (Wildman–Crippen LogP) is 1.12. The van der Waals surface area contributed by atoms with Crippen molar-refractivity contribution < 1.29 is 23.4 Å². The molecular formula is C7H7F3O2. The first-order valence-corrected chi connectivity index (χ1v) is 3.17. The lowest BCUT2D eigenvalue weighted by Gasteiger charge is -2.31. The van der Waals surface area contributed by atoms with Crippen molar-refractivity contribution in [1.82, 2.24) is 0 Å². The summed E-state index contributed by atoms with van der Waals surface area (Å²) >= 11 is 0. The number of aliphatic hydroxyl groups is 2. The van der Waals surface area contributed by atoms with Gasteiger partial charge in [0.2, 0.25) is 0 Å². The minimum Gasteiger partial charge on any atom is -0.354 e. The SMILES string of the molecule is CC1=C(F)C=CC(O)(F)C1(O)F. The van der Waals surface area contributed by atoms with Crippen molar-refractivity contribution in [3.63, 3.8) is 0 Å². The van der Waals surface area contributed by atoms with E-state index < -0.39 is 23.1 Å². The first kappa shape index (κ1) is 9.28. The minimum absolute atomic E-state index is 0.218. The van der Waals surface area contributed by atoms with Crippen molar-refractivity contribution in [2.24, 2.45) is 0 Å². The van der Waals surface area contributed by atoms with E-state index in [2.05, 4.69) is 0 Å². The van der Waals surface area contributed by atoms with E-state index in [4.69, 9.17) is 10.2 Å². The second-order valence-corrected chi connectivity index (χ2v) is 2.60. The van der Waals surface area contributed by atoms with E-state index in [1.54, 1.807) is 0 Å². The summed E-state index contributed by atoms with van der Waals surface area (Å²) in [5, 5.41) is 17.3. The third-order valence-corrected chi connectivity index (χ3v) is 1.77. The molecule has 2 N–H and O–H groups in total. The molecule has 2 nitrogen and oxygen atoms in total. The maximum Gasteiger partial charge on any atom is 0.295 e. The Balaban J connectivity index is 3.21. The molecule has 0 radical (unpaired) electrons. The van der Waals surface area contributed by atoms with Crippen LogP contribution in [0.4, 0.5) is 13.2 Å². The molecule has 68 valence electrons. The van der Waals surface area contributed by atoms with Crippen LogP contribution in [0.1, 0.15) is 6.92 Å². The third kappa shape index (κ3) is 1.05. The second kappa shape index (κ2) is 2.34. The van der Waals surface area contributed by atoms with Crippen LogP contribution in [0.5, 0.6) is 0 Å². The first-order valence-electron chi connectivity index (χ1n) is 3.17. The Morgan fingerprint density at radius 3 is 2.25 bits per heavy atom. The molecule has 1 aliphatic rings. The van der Waals surface area contributed by atoms with Crippen molar-refractivity contribution in [3.8, 4) is 0 Å². The Morgan fingerprint density at radius 1 is 1.33 bits per heavy atom. The summed E-state index contributed by atoms with van der Waals surface area (Å²) in [4.78, 5) is 0. The largest absolute Gasteiger partial charge is 0.354 e. The van der Waals surface area contributed by atoms with Crippen LogP contribution in [-0.2, 0) is 0 Å². The van der Waals surface area contributed by atoms with Gasteiger partial charge in [0, 0.05) is 5.57 Å². The molecule has 1 rings (SSSR count). The van der Waals surface area contributed by atoms with Gasteiger partial charge < -0.3 is 10.2 Å². The number of hydrogen-bond donors (Lipinski definition) is 2. The summed E-state index contributed by atoms with van der Waals surface area (Å²) in [5.41, 5.74) is -0.880. The fraction of sp³-hybridized carbons (Fsp3) is 0.429. The Bertz CT molecular complexity index is 266. The van der Waals surface area contributed by atoms with E-state index in [0.29, 0.717) is 6.08 Å². The van der Waals surface area contributed by atoms with Crippen molar-refractivity contribution in [3.05, 3.63) is 23.6 Å². The number of halogens is 3. The molecule has 0 amide bonds. The van der Waals surface area contributed by atoms with E-state index >= 15 is 0 Å². The van der Waals surface area contributed by atoms with Gasteiger partial charge in [0.15, 0.2) is 0 Å². The highest BCUT2D eigenvalue weighted by Gasteiger charge is 2.54. The minimum atomic E-state index is -3.69. The lowest BCUT2D eigenvalue weighted by molar-refractivity contribution is -0.243. The van der Waals surface area contributed by atoms with Crippen molar-refractivity contribution in [2.75, 3.05) is 0 Å². The number of hydrogen-bond acceptors (Lipinski definition) is 2. The van der Waals surface area contributed by atoms with Gasteiger partial charge in [-0.3, -0.25) is 0 Å². The topological polar surface area (TPSA) is 40.5 Å². The summed E-state index contributed by atoms with van der Waals surface area (Å²) in [6.07, 6.45) is 0.777. The van der Waals surface area contributed by atoms with Gasteiger partial charge >= 0.3 is 0 Å².